The average molecular weight is 270 g/mol. The summed E-state index contributed by atoms with van der Waals surface area (Å²) in [6.07, 6.45) is 1.47. The zero-order valence-electron chi connectivity index (χ0n) is 11.6. The molecule has 2 rings (SSSR count). The van der Waals surface area contributed by atoms with Crippen molar-refractivity contribution in [1.29, 1.82) is 0 Å². The average Bonchev–Trinajstić information content (AvgIpc) is 2.45. The summed E-state index contributed by atoms with van der Waals surface area (Å²) >= 11 is 0. The summed E-state index contributed by atoms with van der Waals surface area (Å²) < 4.78 is 0. The van der Waals surface area contributed by atoms with Gasteiger partial charge in [0.2, 0.25) is 5.56 Å². The molecule has 4 nitrogen and oxygen atoms in total. The molecule has 1 heterocycles. The Kier molecular flexibility index (Phi) is 4.35. The third-order valence-corrected chi connectivity index (χ3v) is 3.14. The monoisotopic (exact) mass is 270 g/mol. The van der Waals surface area contributed by atoms with Crippen molar-refractivity contribution < 1.29 is 4.79 Å². The van der Waals surface area contributed by atoms with Crippen molar-refractivity contribution >= 4 is 5.91 Å². The van der Waals surface area contributed by atoms with E-state index in [4.69, 9.17) is 0 Å². The number of benzene rings is 1. The second-order valence-electron chi connectivity index (χ2n) is 5.02. The number of H-pyrrole nitrogens is 1. The van der Waals surface area contributed by atoms with Crippen LogP contribution in [0, 0.1) is 0 Å². The quantitative estimate of drug-likeness (QED) is 0.896. The second-order valence-corrected chi connectivity index (χ2v) is 5.02. The maximum atomic E-state index is 11.9. The molecule has 0 fully saturated rings. The molecule has 0 aliphatic rings. The molecule has 0 aliphatic heterocycles. The molecule has 4 heteroatoms. The minimum atomic E-state index is -0.279. The van der Waals surface area contributed by atoms with Crippen LogP contribution in [0.15, 0.2) is 47.4 Å². The summed E-state index contributed by atoms with van der Waals surface area (Å²) in [7, 11) is 0. The molecule has 0 atom stereocenters. The number of hydrogen-bond donors (Lipinski definition) is 2. The van der Waals surface area contributed by atoms with Crippen LogP contribution in [0.4, 0.5) is 0 Å². The summed E-state index contributed by atoms with van der Waals surface area (Å²) in [6.45, 7) is 4.73. The number of pyridine rings is 1. The van der Waals surface area contributed by atoms with Gasteiger partial charge in [-0.05, 0) is 23.1 Å². The van der Waals surface area contributed by atoms with Gasteiger partial charge in [0.25, 0.3) is 5.91 Å². The van der Waals surface area contributed by atoms with Gasteiger partial charge in [0.05, 0.1) is 0 Å². The maximum absolute atomic E-state index is 11.9. The van der Waals surface area contributed by atoms with Crippen LogP contribution < -0.4 is 10.9 Å². The normalized spacial score (nSPS) is 10.6. The molecule has 1 aromatic carbocycles. The molecule has 0 spiro atoms. The van der Waals surface area contributed by atoms with Crippen molar-refractivity contribution in [2.24, 2.45) is 0 Å². The molecule has 20 heavy (non-hydrogen) atoms. The van der Waals surface area contributed by atoms with Crippen LogP contribution >= 0.6 is 0 Å². The fourth-order valence-electron chi connectivity index (χ4n) is 1.89. The van der Waals surface area contributed by atoms with Crippen LogP contribution in [0.1, 0.15) is 41.3 Å². The largest absolute Gasteiger partial charge is 0.348 e. The zero-order chi connectivity index (χ0) is 14.5. The molecule has 0 radical (unpaired) electrons. The van der Waals surface area contributed by atoms with Gasteiger partial charge in [-0.3, -0.25) is 9.59 Å². The van der Waals surface area contributed by atoms with E-state index in [1.807, 2.05) is 12.1 Å². The molecule has 1 aromatic heterocycles. The Hall–Kier alpha value is -2.36. The van der Waals surface area contributed by atoms with E-state index in [0.29, 0.717) is 18.0 Å². The lowest BCUT2D eigenvalue weighted by Crippen LogP contribution is -2.24. The van der Waals surface area contributed by atoms with Crippen LogP contribution in [0.2, 0.25) is 0 Å². The van der Waals surface area contributed by atoms with Crippen LogP contribution in [0.5, 0.6) is 0 Å². The molecule has 2 N–H and O–H groups in total. The number of carbonyl (C=O) groups excluding carboxylic acids is 1. The van der Waals surface area contributed by atoms with Gasteiger partial charge < -0.3 is 10.3 Å². The fourth-order valence-corrected chi connectivity index (χ4v) is 1.89. The lowest BCUT2D eigenvalue weighted by molar-refractivity contribution is 0.0950. The first-order chi connectivity index (χ1) is 9.56. The van der Waals surface area contributed by atoms with Gasteiger partial charge in [0.15, 0.2) is 0 Å². The summed E-state index contributed by atoms with van der Waals surface area (Å²) in [6, 6.07) is 11.0. The predicted octanol–water partition coefficient (Wildman–Crippen LogP) is 2.43. The van der Waals surface area contributed by atoms with Crippen LogP contribution in [-0.2, 0) is 6.54 Å². The van der Waals surface area contributed by atoms with Crippen LogP contribution in [0.25, 0.3) is 0 Å². The van der Waals surface area contributed by atoms with E-state index in [1.54, 1.807) is 6.07 Å². The van der Waals surface area contributed by atoms with Crippen molar-refractivity contribution in [3.05, 3.63) is 69.6 Å². The van der Waals surface area contributed by atoms with E-state index in [1.165, 1.54) is 17.8 Å². The van der Waals surface area contributed by atoms with E-state index in [2.05, 4.69) is 36.3 Å². The van der Waals surface area contributed by atoms with Crippen molar-refractivity contribution in [3.8, 4) is 0 Å². The summed E-state index contributed by atoms with van der Waals surface area (Å²) in [5.41, 5.74) is 2.40. The standard InChI is InChI=1S/C16H18N2O2/c1-11(2)13-5-3-12(4-6-13)10-18-16(20)14-7-8-17-15(19)9-14/h3-9,11H,10H2,1-2H3,(H,17,19)(H,18,20). The molecule has 0 unspecified atom stereocenters. The molecule has 0 saturated carbocycles. The van der Waals surface area contributed by atoms with E-state index >= 15 is 0 Å². The zero-order valence-corrected chi connectivity index (χ0v) is 11.6. The van der Waals surface area contributed by atoms with Gasteiger partial charge in [-0.2, -0.15) is 0 Å². The number of carbonyl (C=O) groups is 1. The van der Waals surface area contributed by atoms with Crippen molar-refractivity contribution in [2.75, 3.05) is 0 Å². The molecular weight excluding hydrogens is 252 g/mol. The minimum absolute atomic E-state index is 0.246. The van der Waals surface area contributed by atoms with Gasteiger partial charge in [0, 0.05) is 24.4 Å². The number of nitrogens with one attached hydrogen (secondary N) is 2. The first-order valence-corrected chi connectivity index (χ1v) is 6.62. The molecule has 0 bridgehead atoms. The molecule has 1 amide bonds. The van der Waals surface area contributed by atoms with Gasteiger partial charge in [-0.15, -0.1) is 0 Å². The van der Waals surface area contributed by atoms with Crippen molar-refractivity contribution in [2.45, 2.75) is 26.3 Å². The van der Waals surface area contributed by atoms with Crippen LogP contribution in [0.3, 0.4) is 0 Å². The van der Waals surface area contributed by atoms with E-state index in [0.717, 1.165) is 5.56 Å². The van der Waals surface area contributed by atoms with Crippen molar-refractivity contribution in [3.63, 3.8) is 0 Å². The fraction of sp³-hybridized carbons (Fsp3) is 0.250. The highest BCUT2D eigenvalue weighted by atomic mass is 16.2. The number of amides is 1. The van der Waals surface area contributed by atoms with Crippen molar-refractivity contribution in [1.82, 2.24) is 10.3 Å². The van der Waals surface area contributed by atoms with Crippen LogP contribution in [-0.4, -0.2) is 10.9 Å². The Morgan fingerprint density at radius 2 is 1.90 bits per heavy atom. The summed E-state index contributed by atoms with van der Waals surface area (Å²) in [5, 5.41) is 2.80. The lowest BCUT2D eigenvalue weighted by atomic mass is 10.0. The summed E-state index contributed by atoms with van der Waals surface area (Å²) in [5.74, 6) is 0.249. The molecule has 104 valence electrons. The smallest absolute Gasteiger partial charge is 0.251 e. The molecular formula is C16H18N2O2. The third kappa shape index (κ3) is 3.57. The third-order valence-electron chi connectivity index (χ3n) is 3.14. The Morgan fingerprint density at radius 3 is 2.50 bits per heavy atom. The summed E-state index contributed by atoms with van der Waals surface area (Å²) in [4.78, 5) is 25.5. The number of rotatable bonds is 4. The Morgan fingerprint density at radius 1 is 1.20 bits per heavy atom. The predicted molar refractivity (Wildman–Crippen MR) is 78.8 cm³/mol. The minimum Gasteiger partial charge on any atom is -0.348 e. The molecule has 0 aliphatic carbocycles. The lowest BCUT2D eigenvalue weighted by Gasteiger charge is -2.08. The number of hydrogen-bond acceptors (Lipinski definition) is 2. The Bertz CT molecular complexity index is 642. The SMILES string of the molecule is CC(C)c1ccc(CNC(=O)c2cc[nH]c(=O)c2)cc1. The topological polar surface area (TPSA) is 62.0 Å². The second kappa shape index (κ2) is 6.19. The van der Waals surface area contributed by atoms with Gasteiger partial charge in [-0.25, -0.2) is 0 Å². The van der Waals surface area contributed by atoms with Gasteiger partial charge in [0.1, 0.15) is 0 Å². The molecule has 2 aromatic rings. The number of aromatic nitrogens is 1. The first kappa shape index (κ1) is 14.1. The highest BCUT2D eigenvalue weighted by Crippen LogP contribution is 2.14. The van der Waals surface area contributed by atoms with E-state index in [-0.39, 0.29) is 11.5 Å². The van der Waals surface area contributed by atoms with E-state index < -0.39 is 0 Å². The number of aromatic amines is 1. The van der Waals surface area contributed by atoms with Gasteiger partial charge >= 0.3 is 0 Å². The van der Waals surface area contributed by atoms with Gasteiger partial charge in [-0.1, -0.05) is 38.1 Å². The molecule has 0 saturated heterocycles. The first-order valence-electron chi connectivity index (χ1n) is 6.62. The highest BCUT2D eigenvalue weighted by molar-refractivity contribution is 5.93. The maximum Gasteiger partial charge on any atom is 0.251 e. The Balaban J connectivity index is 1.98. The highest BCUT2D eigenvalue weighted by Gasteiger charge is 2.05. The van der Waals surface area contributed by atoms with E-state index in [9.17, 15) is 9.59 Å². The Labute approximate surface area is 117 Å².